The Morgan fingerprint density at radius 2 is 1.60 bits per heavy atom. The fourth-order valence-electron chi connectivity index (χ4n) is 4.70. The Balaban J connectivity index is 1.22. The van der Waals surface area contributed by atoms with Gasteiger partial charge in [-0.25, -0.2) is 20.6 Å². The average molecular weight is 622 g/mol. The number of fused-ring (bicyclic) bond motifs is 3. The Morgan fingerprint density at radius 3 is 2.31 bits per heavy atom. The highest BCUT2D eigenvalue weighted by atomic mass is 16.6. The minimum absolute atomic E-state index is 0.164. The molecule has 2 heterocycles. The van der Waals surface area contributed by atoms with E-state index in [0.29, 0.717) is 41.4 Å². The molecule has 4 rings (SSSR count). The lowest BCUT2D eigenvalue weighted by atomic mass is 10.1. The SMILES string of the molecule is CCOCc1nc2c(N)nc3ccccc3c2n1CC(C)(C)OC(=O)COCCOCCNC(=O)c1ccc(C(=O)NN)cc1. The van der Waals surface area contributed by atoms with Crippen LogP contribution in [0.1, 0.15) is 47.3 Å². The van der Waals surface area contributed by atoms with E-state index in [1.807, 2.05) is 55.0 Å². The molecule has 0 aliphatic carbocycles. The highest BCUT2D eigenvalue weighted by molar-refractivity contribution is 6.06. The van der Waals surface area contributed by atoms with E-state index in [9.17, 15) is 14.4 Å². The van der Waals surface area contributed by atoms with Gasteiger partial charge in [0.15, 0.2) is 5.82 Å². The first-order valence-electron chi connectivity index (χ1n) is 14.5. The van der Waals surface area contributed by atoms with Crippen molar-refractivity contribution < 1.29 is 33.3 Å². The second-order valence-corrected chi connectivity index (χ2v) is 10.7. The van der Waals surface area contributed by atoms with E-state index in [0.717, 1.165) is 16.4 Å². The van der Waals surface area contributed by atoms with Gasteiger partial charge in [0.2, 0.25) is 0 Å². The number of nitrogen functional groups attached to an aromatic ring is 2. The number of nitrogens with one attached hydrogen (secondary N) is 2. The number of rotatable bonds is 16. The number of hydrogen-bond acceptors (Lipinski definition) is 11. The number of pyridine rings is 1. The summed E-state index contributed by atoms with van der Waals surface area (Å²) in [6, 6.07) is 13.7. The number of hydrazine groups is 1. The average Bonchev–Trinajstić information content (AvgIpc) is 3.38. The standard InChI is InChI=1S/C31H39N7O7/c1-4-42-17-24-36-26-27(22-7-5-6-8-23(22)35-28(26)32)38(24)19-31(2,3)45-25(39)18-44-16-15-43-14-13-34-29(40)20-9-11-21(12-10-20)30(41)37-33/h5-12H,4,13-19,33H2,1-3H3,(H2,32,35)(H,34,40)(H,37,41). The smallest absolute Gasteiger partial charge is 0.332 e. The van der Waals surface area contributed by atoms with Crippen LogP contribution in [0.5, 0.6) is 0 Å². The third-order valence-electron chi connectivity index (χ3n) is 6.72. The number of benzene rings is 2. The van der Waals surface area contributed by atoms with Crippen LogP contribution in [0.25, 0.3) is 21.9 Å². The first-order chi connectivity index (χ1) is 21.6. The number of amides is 2. The molecule has 14 heteroatoms. The predicted octanol–water partition coefficient (Wildman–Crippen LogP) is 2.09. The molecule has 45 heavy (non-hydrogen) atoms. The number of ether oxygens (including phenoxy) is 4. The highest BCUT2D eigenvalue weighted by Gasteiger charge is 2.28. The second-order valence-electron chi connectivity index (χ2n) is 10.7. The lowest BCUT2D eigenvalue weighted by molar-refractivity contribution is -0.163. The van der Waals surface area contributed by atoms with Gasteiger partial charge in [0.25, 0.3) is 11.8 Å². The van der Waals surface area contributed by atoms with E-state index < -0.39 is 17.5 Å². The van der Waals surface area contributed by atoms with E-state index in [-0.39, 0.29) is 45.5 Å². The van der Waals surface area contributed by atoms with Crippen LogP contribution in [0.2, 0.25) is 0 Å². The van der Waals surface area contributed by atoms with Gasteiger partial charge in [-0.3, -0.25) is 15.0 Å². The number of carbonyl (C=O) groups is 3. The van der Waals surface area contributed by atoms with Crippen LogP contribution in [0.3, 0.4) is 0 Å². The molecule has 240 valence electrons. The summed E-state index contributed by atoms with van der Waals surface area (Å²) in [6.45, 7) is 7.26. The van der Waals surface area contributed by atoms with Gasteiger partial charge >= 0.3 is 5.97 Å². The van der Waals surface area contributed by atoms with Crippen molar-refractivity contribution in [2.45, 2.75) is 39.5 Å². The summed E-state index contributed by atoms with van der Waals surface area (Å²) in [7, 11) is 0. The van der Waals surface area contributed by atoms with Crippen molar-refractivity contribution in [3.63, 3.8) is 0 Å². The van der Waals surface area contributed by atoms with E-state index in [2.05, 4.69) is 10.3 Å². The number of aromatic nitrogens is 3. The molecule has 0 saturated carbocycles. The molecular formula is C31H39N7O7. The Kier molecular flexibility index (Phi) is 11.4. The van der Waals surface area contributed by atoms with Crippen LogP contribution in [-0.4, -0.2) is 77.5 Å². The molecular weight excluding hydrogens is 582 g/mol. The van der Waals surface area contributed by atoms with Gasteiger partial charge in [-0.05, 0) is 51.1 Å². The molecule has 2 aromatic heterocycles. The Labute approximate surface area is 260 Å². The van der Waals surface area contributed by atoms with E-state index in [4.69, 9.17) is 35.5 Å². The summed E-state index contributed by atoms with van der Waals surface area (Å²) < 4.78 is 24.3. The minimum Gasteiger partial charge on any atom is -0.456 e. The normalized spacial score (nSPS) is 11.6. The number of para-hydroxylation sites is 1. The van der Waals surface area contributed by atoms with Crippen molar-refractivity contribution in [1.29, 1.82) is 0 Å². The molecule has 0 saturated heterocycles. The van der Waals surface area contributed by atoms with Gasteiger partial charge in [-0.1, -0.05) is 18.2 Å². The maximum Gasteiger partial charge on any atom is 0.332 e. The van der Waals surface area contributed by atoms with Gasteiger partial charge in [0, 0.05) is 29.7 Å². The zero-order valence-corrected chi connectivity index (χ0v) is 25.6. The third kappa shape index (κ3) is 8.73. The molecule has 0 fully saturated rings. The Bertz CT molecular complexity index is 1640. The van der Waals surface area contributed by atoms with E-state index >= 15 is 0 Å². The number of imidazole rings is 1. The van der Waals surface area contributed by atoms with Crippen LogP contribution in [0.15, 0.2) is 48.5 Å². The number of anilines is 1. The fraction of sp³-hybridized carbons (Fsp3) is 0.387. The Morgan fingerprint density at radius 1 is 0.911 bits per heavy atom. The van der Waals surface area contributed by atoms with Crippen molar-refractivity contribution in [2.75, 3.05) is 45.3 Å². The Hall–Kier alpha value is -4.63. The fourth-order valence-corrected chi connectivity index (χ4v) is 4.70. The number of nitrogens with zero attached hydrogens (tertiary/aromatic N) is 3. The van der Waals surface area contributed by atoms with Crippen LogP contribution >= 0.6 is 0 Å². The van der Waals surface area contributed by atoms with Crippen molar-refractivity contribution in [2.24, 2.45) is 5.84 Å². The van der Waals surface area contributed by atoms with Gasteiger partial charge < -0.3 is 34.6 Å². The summed E-state index contributed by atoms with van der Waals surface area (Å²) in [5.41, 5.74) is 10.2. The second kappa shape index (κ2) is 15.4. The lowest BCUT2D eigenvalue weighted by Gasteiger charge is -2.27. The summed E-state index contributed by atoms with van der Waals surface area (Å²) in [5, 5.41) is 3.61. The van der Waals surface area contributed by atoms with Gasteiger partial charge in [0.1, 0.15) is 30.2 Å². The van der Waals surface area contributed by atoms with Gasteiger partial charge in [-0.2, -0.15) is 0 Å². The lowest BCUT2D eigenvalue weighted by Crippen LogP contribution is -2.35. The van der Waals surface area contributed by atoms with E-state index in [1.54, 1.807) is 0 Å². The summed E-state index contributed by atoms with van der Waals surface area (Å²) in [6.07, 6.45) is 0. The molecule has 0 aliphatic heterocycles. The molecule has 0 atom stereocenters. The molecule has 0 unspecified atom stereocenters. The van der Waals surface area contributed by atoms with Crippen LogP contribution in [-0.2, 0) is 36.9 Å². The number of esters is 1. The van der Waals surface area contributed by atoms with Crippen LogP contribution in [0.4, 0.5) is 5.82 Å². The van der Waals surface area contributed by atoms with E-state index in [1.165, 1.54) is 24.3 Å². The predicted molar refractivity (Wildman–Crippen MR) is 167 cm³/mol. The maximum absolute atomic E-state index is 12.7. The minimum atomic E-state index is -0.917. The van der Waals surface area contributed by atoms with Crippen LogP contribution in [0, 0.1) is 0 Å². The topological polar surface area (TPSA) is 195 Å². The zero-order valence-electron chi connectivity index (χ0n) is 25.6. The largest absolute Gasteiger partial charge is 0.456 e. The zero-order chi connectivity index (χ0) is 32.4. The molecule has 6 N–H and O–H groups in total. The molecule has 0 aliphatic rings. The summed E-state index contributed by atoms with van der Waals surface area (Å²) in [5.74, 6) is 4.80. The van der Waals surface area contributed by atoms with Gasteiger partial charge in [0.05, 0.1) is 37.4 Å². The number of carbonyl (C=O) groups excluding carboxylic acids is 3. The molecule has 14 nitrogen and oxygen atoms in total. The van der Waals surface area contributed by atoms with Crippen molar-refractivity contribution in [3.05, 3.63) is 65.5 Å². The molecule has 2 amide bonds. The number of hydrogen-bond donors (Lipinski definition) is 4. The maximum atomic E-state index is 12.7. The van der Waals surface area contributed by atoms with Crippen LogP contribution < -0.4 is 22.3 Å². The van der Waals surface area contributed by atoms with Crippen molar-refractivity contribution in [1.82, 2.24) is 25.3 Å². The highest BCUT2D eigenvalue weighted by Crippen LogP contribution is 2.30. The third-order valence-corrected chi connectivity index (χ3v) is 6.72. The quantitative estimate of drug-likeness (QED) is 0.0470. The molecule has 4 aromatic rings. The molecule has 0 bridgehead atoms. The first kappa shape index (κ1) is 33.3. The summed E-state index contributed by atoms with van der Waals surface area (Å²) in [4.78, 5) is 45.6. The summed E-state index contributed by atoms with van der Waals surface area (Å²) >= 11 is 0. The molecule has 0 radical (unpaired) electrons. The first-order valence-corrected chi connectivity index (χ1v) is 14.5. The van der Waals surface area contributed by atoms with Gasteiger partial charge in [-0.15, -0.1) is 0 Å². The number of nitrogens with two attached hydrogens (primary N) is 2. The monoisotopic (exact) mass is 621 g/mol. The van der Waals surface area contributed by atoms with Crippen molar-refractivity contribution >= 4 is 45.5 Å². The van der Waals surface area contributed by atoms with Crippen molar-refractivity contribution in [3.8, 4) is 0 Å². The molecule has 0 spiro atoms. The molecule has 2 aromatic carbocycles.